The highest BCUT2D eigenvalue weighted by Gasteiger charge is 2.37. The van der Waals surface area contributed by atoms with E-state index in [0.29, 0.717) is 47.9 Å². The van der Waals surface area contributed by atoms with Crippen LogP contribution in [0.3, 0.4) is 0 Å². The molecule has 0 spiro atoms. The minimum Gasteiger partial charge on any atom is -0.367 e. The largest absolute Gasteiger partial charge is 0.416 e. The molecule has 0 radical (unpaired) electrons. The third-order valence-corrected chi connectivity index (χ3v) is 8.62. The number of carbonyl (C=O) groups excluding carboxylic acids is 1. The summed E-state index contributed by atoms with van der Waals surface area (Å²) in [5.74, 6) is -0.233. The van der Waals surface area contributed by atoms with Crippen molar-refractivity contribution in [3.8, 4) is 11.1 Å². The molecular formula is C37H26ClF9N4O. The van der Waals surface area contributed by atoms with Gasteiger partial charge in [-0.2, -0.15) is 39.5 Å². The van der Waals surface area contributed by atoms with E-state index in [9.17, 15) is 44.3 Å². The van der Waals surface area contributed by atoms with Gasteiger partial charge in [0, 0.05) is 47.7 Å². The lowest BCUT2D eigenvalue weighted by atomic mass is 10.0. The lowest BCUT2D eigenvalue weighted by molar-refractivity contribution is -0.143. The molecule has 0 unspecified atom stereocenters. The number of halogens is 10. The van der Waals surface area contributed by atoms with Gasteiger partial charge in [0.05, 0.1) is 28.9 Å². The topological polar surface area (TPSA) is 48.5 Å². The molecule has 0 atom stereocenters. The van der Waals surface area contributed by atoms with Gasteiger partial charge in [-0.3, -0.25) is 4.79 Å². The molecule has 1 N–H and O–H groups in total. The summed E-state index contributed by atoms with van der Waals surface area (Å²) in [4.78, 5) is 21.1. The standard InChI is InChI=1S/C37H26ClF9N4O/c38-29-10-11-31(37(45,46)47)26(16-29)21-50-13-12-48-33-32(50)17-25(19-49-33)23-6-8-24(9-7-23)34(52)51(30-4-2-1-3-5-30)20-22-14-27(35(39,40)41)18-28(15-22)36(42,43)44/h1-11,14-19H,12-13,20-21H2,(H,48,49). The number of benzene rings is 4. The fraction of sp³-hybridized carbons (Fsp3) is 0.189. The predicted octanol–water partition coefficient (Wildman–Crippen LogP) is 10.7. The van der Waals surface area contributed by atoms with Crippen molar-refractivity contribution in [1.29, 1.82) is 0 Å². The van der Waals surface area contributed by atoms with Crippen LogP contribution in [0.5, 0.6) is 0 Å². The van der Waals surface area contributed by atoms with Crippen molar-refractivity contribution in [2.24, 2.45) is 0 Å². The molecule has 4 aromatic carbocycles. The van der Waals surface area contributed by atoms with Crippen LogP contribution in [-0.4, -0.2) is 24.0 Å². The molecule has 1 aromatic heterocycles. The van der Waals surface area contributed by atoms with Crippen molar-refractivity contribution < 1.29 is 44.3 Å². The number of rotatable bonds is 7. The number of fused-ring (bicyclic) bond motifs is 1. The molecule has 0 saturated heterocycles. The van der Waals surface area contributed by atoms with Crippen LogP contribution in [0.4, 0.5) is 56.7 Å². The quantitative estimate of drug-likeness (QED) is 0.168. The summed E-state index contributed by atoms with van der Waals surface area (Å²) in [6.45, 7) is 0.0845. The Labute approximate surface area is 296 Å². The molecule has 6 rings (SSSR count). The number of carbonyl (C=O) groups is 1. The lowest BCUT2D eigenvalue weighted by Crippen LogP contribution is -2.34. The Morgan fingerprint density at radius 3 is 2.04 bits per heavy atom. The van der Waals surface area contributed by atoms with Crippen molar-refractivity contribution in [2.75, 3.05) is 28.2 Å². The van der Waals surface area contributed by atoms with Crippen molar-refractivity contribution >= 4 is 34.7 Å². The van der Waals surface area contributed by atoms with E-state index in [2.05, 4.69) is 10.3 Å². The molecule has 1 aliphatic rings. The first-order chi connectivity index (χ1) is 24.5. The van der Waals surface area contributed by atoms with Gasteiger partial charge in [0.25, 0.3) is 5.91 Å². The van der Waals surface area contributed by atoms with E-state index in [1.54, 1.807) is 47.5 Å². The van der Waals surface area contributed by atoms with Crippen LogP contribution in [0.2, 0.25) is 5.02 Å². The molecule has 2 heterocycles. The summed E-state index contributed by atoms with van der Waals surface area (Å²) >= 11 is 6.05. The Bertz CT molecular complexity index is 2050. The summed E-state index contributed by atoms with van der Waals surface area (Å²) in [5.41, 5.74) is -2.18. The summed E-state index contributed by atoms with van der Waals surface area (Å²) in [7, 11) is 0. The number of anilines is 3. The Morgan fingerprint density at radius 1 is 0.769 bits per heavy atom. The molecule has 1 amide bonds. The van der Waals surface area contributed by atoms with E-state index in [1.807, 2.05) is 0 Å². The normalized spacial score (nSPS) is 13.4. The second-order valence-corrected chi connectivity index (χ2v) is 12.4. The van der Waals surface area contributed by atoms with Gasteiger partial charge < -0.3 is 15.1 Å². The first-order valence-corrected chi connectivity index (χ1v) is 16.0. The SMILES string of the molecule is O=C(c1ccc(-c2cnc3c(c2)N(Cc2cc(Cl)ccc2C(F)(F)F)CCN3)cc1)N(Cc1cc(C(F)(F)F)cc(C(F)(F)F)c1)c1ccccc1. The van der Waals surface area contributed by atoms with Gasteiger partial charge in [0.2, 0.25) is 0 Å². The zero-order chi connectivity index (χ0) is 37.4. The summed E-state index contributed by atoms with van der Waals surface area (Å²) < 4.78 is 123. The second kappa shape index (κ2) is 14.1. The number of nitrogens with one attached hydrogen (secondary N) is 1. The summed E-state index contributed by atoms with van der Waals surface area (Å²) in [6.07, 6.45) is -13.2. The predicted molar refractivity (Wildman–Crippen MR) is 179 cm³/mol. The van der Waals surface area contributed by atoms with E-state index in [0.717, 1.165) is 11.0 Å². The minimum absolute atomic E-state index is 0.0103. The maximum absolute atomic E-state index is 13.9. The van der Waals surface area contributed by atoms with E-state index in [-0.39, 0.29) is 40.0 Å². The number of hydrogen-bond acceptors (Lipinski definition) is 4. The molecule has 5 nitrogen and oxygen atoms in total. The Balaban J connectivity index is 1.29. The van der Waals surface area contributed by atoms with Gasteiger partial charge in [0.15, 0.2) is 0 Å². The zero-order valence-corrected chi connectivity index (χ0v) is 27.4. The van der Waals surface area contributed by atoms with Crippen molar-refractivity contribution in [3.05, 3.63) is 142 Å². The van der Waals surface area contributed by atoms with Crippen molar-refractivity contribution in [1.82, 2.24) is 4.98 Å². The lowest BCUT2D eigenvalue weighted by Gasteiger charge is -2.32. The van der Waals surface area contributed by atoms with Crippen LogP contribution in [0.1, 0.15) is 38.2 Å². The molecule has 0 bridgehead atoms. The van der Waals surface area contributed by atoms with Gasteiger partial charge in [-0.05, 0) is 83.4 Å². The molecule has 15 heteroatoms. The molecule has 52 heavy (non-hydrogen) atoms. The van der Waals surface area contributed by atoms with Gasteiger partial charge in [-0.1, -0.05) is 41.9 Å². The first-order valence-electron chi connectivity index (χ1n) is 15.6. The van der Waals surface area contributed by atoms with Gasteiger partial charge in [-0.25, -0.2) is 4.98 Å². The number of pyridine rings is 1. The maximum Gasteiger partial charge on any atom is 0.416 e. The number of para-hydroxylation sites is 1. The van der Waals surface area contributed by atoms with Gasteiger partial charge in [0.1, 0.15) is 5.82 Å². The van der Waals surface area contributed by atoms with Crippen LogP contribution in [0, 0.1) is 0 Å². The molecule has 1 aliphatic heterocycles. The van der Waals surface area contributed by atoms with Gasteiger partial charge >= 0.3 is 18.5 Å². The highest BCUT2D eigenvalue weighted by atomic mass is 35.5. The van der Waals surface area contributed by atoms with E-state index in [4.69, 9.17) is 11.6 Å². The Morgan fingerprint density at radius 2 is 1.42 bits per heavy atom. The Kier molecular flexibility index (Phi) is 9.88. The smallest absolute Gasteiger partial charge is 0.367 e. The van der Waals surface area contributed by atoms with Crippen molar-refractivity contribution in [3.63, 3.8) is 0 Å². The average molecular weight is 749 g/mol. The molecule has 0 aliphatic carbocycles. The highest BCUT2D eigenvalue weighted by molar-refractivity contribution is 6.30. The molecule has 5 aromatic rings. The van der Waals surface area contributed by atoms with E-state index < -0.39 is 47.7 Å². The first kappa shape index (κ1) is 36.5. The third kappa shape index (κ3) is 8.12. The van der Waals surface area contributed by atoms with Crippen LogP contribution in [0.25, 0.3) is 11.1 Å². The Hall–Kier alpha value is -5.24. The van der Waals surface area contributed by atoms with E-state index in [1.165, 1.54) is 36.4 Å². The van der Waals surface area contributed by atoms with Gasteiger partial charge in [-0.15, -0.1) is 0 Å². The van der Waals surface area contributed by atoms with Crippen LogP contribution in [-0.2, 0) is 31.6 Å². The third-order valence-electron chi connectivity index (χ3n) is 8.38. The number of hydrogen-bond donors (Lipinski definition) is 1. The summed E-state index contributed by atoms with van der Waals surface area (Å²) in [6, 6.07) is 20.2. The molecule has 0 fully saturated rings. The van der Waals surface area contributed by atoms with Crippen LogP contribution < -0.4 is 15.1 Å². The number of aromatic nitrogens is 1. The zero-order valence-electron chi connectivity index (χ0n) is 26.7. The van der Waals surface area contributed by atoms with E-state index >= 15 is 0 Å². The number of nitrogens with zero attached hydrogens (tertiary/aromatic N) is 3. The number of amides is 1. The second-order valence-electron chi connectivity index (χ2n) is 12.0. The van der Waals surface area contributed by atoms with Crippen LogP contribution >= 0.6 is 11.6 Å². The van der Waals surface area contributed by atoms with Crippen molar-refractivity contribution in [2.45, 2.75) is 31.6 Å². The maximum atomic E-state index is 13.9. The fourth-order valence-electron chi connectivity index (χ4n) is 5.90. The summed E-state index contributed by atoms with van der Waals surface area (Å²) in [5, 5.41) is 3.29. The number of alkyl halides is 9. The molecular weight excluding hydrogens is 723 g/mol. The molecule has 270 valence electrons. The highest BCUT2D eigenvalue weighted by Crippen LogP contribution is 2.39. The monoisotopic (exact) mass is 748 g/mol. The minimum atomic E-state index is -5.06. The average Bonchev–Trinajstić information content (AvgIpc) is 3.09. The fourth-order valence-corrected chi connectivity index (χ4v) is 6.09. The molecule has 0 saturated carbocycles. The van der Waals surface area contributed by atoms with Crippen LogP contribution in [0.15, 0.2) is 103 Å².